The van der Waals surface area contributed by atoms with Crippen LogP contribution in [0.25, 0.3) is 0 Å². The Labute approximate surface area is 153 Å². The topological polar surface area (TPSA) is 63.6 Å². The van der Waals surface area contributed by atoms with Crippen LogP contribution >= 0.6 is 0 Å². The van der Waals surface area contributed by atoms with Gasteiger partial charge in [-0.05, 0) is 50.4 Å². The van der Waals surface area contributed by atoms with Crippen molar-refractivity contribution in [2.75, 3.05) is 0 Å². The Morgan fingerprint density at radius 3 is 2.20 bits per heavy atom. The zero-order valence-electron chi connectivity index (χ0n) is 16.3. The highest BCUT2D eigenvalue weighted by Crippen LogP contribution is 2.31. The molecule has 4 nitrogen and oxygen atoms in total. The third kappa shape index (κ3) is 11.2. The second kappa shape index (κ2) is 13.2. The molecule has 4 heteroatoms. The highest BCUT2D eigenvalue weighted by atomic mass is 16.5. The number of rotatable bonds is 13. The zero-order chi connectivity index (χ0) is 18.5. The molecular formula is C21H38O4. The van der Waals surface area contributed by atoms with Crippen LogP contribution in [0.5, 0.6) is 0 Å². The molecule has 1 aliphatic rings. The van der Waals surface area contributed by atoms with Crippen molar-refractivity contribution in [3.05, 3.63) is 0 Å². The van der Waals surface area contributed by atoms with Gasteiger partial charge in [0.1, 0.15) is 6.10 Å². The summed E-state index contributed by atoms with van der Waals surface area (Å²) in [6.45, 7) is 4.52. The van der Waals surface area contributed by atoms with Crippen molar-refractivity contribution in [2.24, 2.45) is 11.8 Å². The number of unbranched alkanes of at least 4 members (excludes halogenated alkanes) is 3. The molecule has 1 rings (SSSR count). The van der Waals surface area contributed by atoms with E-state index in [4.69, 9.17) is 9.84 Å². The van der Waals surface area contributed by atoms with Gasteiger partial charge in [-0.1, -0.05) is 52.4 Å². The minimum atomic E-state index is -0.796. The maximum absolute atomic E-state index is 12.1. The van der Waals surface area contributed by atoms with E-state index in [1.807, 2.05) is 0 Å². The maximum Gasteiger partial charge on any atom is 0.306 e. The van der Waals surface area contributed by atoms with Gasteiger partial charge in [0.25, 0.3) is 0 Å². The highest BCUT2D eigenvalue weighted by molar-refractivity contribution is 5.70. The minimum Gasteiger partial charge on any atom is -0.481 e. The van der Waals surface area contributed by atoms with E-state index in [0.29, 0.717) is 25.2 Å². The Morgan fingerprint density at radius 2 is 1.56 bits per heavy atom. The normalized spacial score (nSPS) is 16.8. The van der Waals surface area contributed by atoms with E-state index in [1.165, 1.54) is 51.4 Å². The summed E-state index contributed by atoms with van der Waals surface area (Å²) in [5.74, 6) is 0.359. The van der Waals surface area contributed by atoms with E-state index in [-0.39, 0.29) is 18.5 Å². The Hall–Kier alpha value is -1.06. The second-order valence-electron chi connectivity index (χ2n) is 8.06. The summed E-state index contributed by atoms with van der Waals surface area (Å²) in [5, 5.41) is 8.65. The van der Waals surface area contributed by atoms with Crippen molar-refractivity contribution in [1.82, 2.24) is 0 Å². The SMILES string of the molecule is CC(C)CCCCCC(OC(=O)CCCCC(=O)O)C1CCCCC1. The van der Waals surface area contributed by atoms with Gasteiger partial charge in [0, 0.05) is 12.8 Å². The molecule has 25 heavy (non-hydrogen) atoms. The number of carboxylic acids is 1. The molecule has 1 atom stereocenters. The first kappa shape index (κ1) is 22.0. The van der Waals surface area contributed by atoms with Crippen LogP contribution in [-0.2, 0) is 14.3 Å². The molecule has 0 aromatic rings. The van der Waals surface area contributed by atoms with E-state index < -0.39 is 5.97 Å². The van der Waals surface area contributed by atoms with Crippen molar-refractivity contribution in [3.8, 4) is 0 Å². The lowest BCUT2D eigenvalue weighted by Gasteiger charge is -2.30. The van der Waals surface area contributed by atoms with Crippen LogP contribution in [-0.4, -0.2) is 23.1 Å². The number of aliphatic carboxylic acids is 1. The lowest BCUT2D eigenvalue weighted by atomic mass is 9.83. The van der Waals surface area contributed by atoms with Gasteiger partial charge in [0.2, 0.25) is 0 Å². The largest absolute Gasteiger partial charge is 0.481 e. The molecule has 0 radical (unpaired) electrons. The molecule has 1 fully saturated rings. The molecule has 146 valence electrons. The van der Waals surface area contributed by atoms with E-state index >= 15 is 0 Å². The van der Waals surface area contributed by atoms with Gasteiger partial charge in [-0.3, -0.25) is 9.59 Å². The van der Waals surface area contributed by atoms with Crippen molar-refractivity contribution in [2.45, 2.75) is 110 Å². The summed E-state index contributed by atoms with van der Waals surface area (Å²) < 4.78 is 5.84. The Balaban J connectivity index is 2.33. The van der Waals surface area contributed by atoms with Crippen LogP contribution in [0.2, 0.25) is 0 Å². The number of carbonyl (C=O) groups is 2. The van der Waals surface area contributed by atoms with Gasteiger partial charge >= 0.3 is 11.9 Å². The Kier molecular flexibility index (Phi) is 11.6. The van der Waals surface area contributed by atoms with Crippen molar-refractivity contribution < 1.29 is 19.4 Å². The molecule has 1 saturated carbocycles. The van der Waals surface area contributed by atoms with Crippen LogP contribution in [0.3, 0.4) is 0 Å². The number of carboxylic acid groups (broad SMARTS) is 1. The molecule has 0 spiro atoms. The first-order valence-corrected chi connectivity index (χ1v) is 10.4. The third-order valence-electron chi connectivity index (χ3n) is 5.25. The molecule has 0 heterocycles. The van der Waals surface area contributed by atoms with Crippen molar-refractivity contribution >= 4 is 11.9 Å². The van der Waals surface area contributed by atoms with Crippen molar-refractivity contribution in [1.29, 1.82) is 0 Å². The average molecular weight is 355 g/mol. The number of esters is 1. The van der Waals surface area contributed by atoms with E-state index in [1.54, 1.807) is 0 Å². The Morgan fingerprint density at radius 1 is 0.920 bits per heavy atom. The minimum absolute atomic E-state index is 0.0753. The molecule has 0 saturated heterocycles. The lowest BCUT2D eigenvalue weighted by molar-refractivity contribution is -0.153. The predicted molar refractivity (Wildman–Crippen MR) is 100 cm³/mol. The van der Waals surface area contributed by atoms with E-state index in [9.17, 15) is 9.59 Å². The fraction of sp³-hybridized carbons (Fsp3) is 0.905. The number of ether oxygens (including phenoxy) is 1. The first-order chi connectivity index (χ1) is 12.0. The van der Waals surface area contributed by atoms with Gasteiger partial charge in [-0.25, -0.2) is 0 Å². The quantitative estimate of drug-likeness (QED) is 0.339. The van der Waals surface area contributed by atoms with Gasteiger partial charge < -0.3 is 9.84 Å². The predicted octanol–water partition coefficient (Wildman–Crippen LogP) is 5.73. The fourth-order valence-electron chi connectivity index (χ4n) is 3.75. The second-order valence-corrected chi connectivity index (χ2v) is 8.06. The average Bonchev–Trinajstić information content (AvgIpc) is 2.57. The van der Waals surface area contributed by atoms with Gasteiger partial charge in [-0.15, -0.1) is 0 Å². The molecule has 1 unspecified atom stereocenters. The van der Waals surface area contributed by atoms with Gasteiger partial charge in [-0.2, -0.15) is 0 Å². The van der Waals surface area contributed by atoms with E-state index in [0.717, 1.165) is 18.8 Å². The molecular weight excluding hydrogens is 316 g/mol. The third-order valence-corrected chi connectivity index (χ3v) is 5.25. The molecule has 0 aromatic heterocycles. The number of hydrogen-bond donors (Lipinski definition) is 1. The van der Waals surface area contributed by atoms with Crippen LogP contribution in [0.15, 0.2) is 0 Å². The smallest absolute Gasteiger partial charge is 0.306 e. The standard InChI is InChI=1S/C21H38O4/c1-17(2)11-5-3-8-14-19(18-12-6-4-7-13-18)25-21(24)16-10-9-15-20(22)23/h17-19H,3-16H2,1-2H3,(H,22,23). The molecule has 1 aliphatic carbocycles. The lowest BCUT2D eigenvalue weighted by Crippen LogP contribution is -2.28. The number of carbonyl (C=O) groups excluding carboxylic acids is 1. The summed E-state index contributed by atoms with van der Waals surface area (Å²) in [6, 6.07) is 0. The molecule has 0 aromatic carbocycles. The summed E-state index contributed by atoms with van der Waals surface area (Å²) in [4.78, 5) is 22.7. The zero-order valence-corrected chi connectivity index (χ0v) is 16.3. The Bertz CT molecular complexity index is 372. The molecule has 1 N–H and O–H groups in total. The highest BCUT2D eigenvalue weighted by Gasteiger charge is 2.26. The summed E-state index contributed by atoms with van der Waals surface area (Å²) >= 11 is 0. The summed E-state index contributed by atoms with van der Waals surface area (Å²) in [7, 11) is 0. The van der Waals surface area contributed by atoms with Crippen LogP contribution in [0, 0.1) is 11.8 Å². The van der Waals surface area contributed by atoms with Gasteiger partial charge in [0.15, 0.2) is 0 Å². The fourth-order valence-corrected chi connectivity index (χ4v) is 3.75. The molecule has 0 aliphatic heterocycles. The maximum atomic E-state index is 12.1. The molecule has 0 amide bonds. The van der Waals surface area contributed by atoms with Crippen molar-refractivity contribution in [3.63, 3.8) is 0 Å². The monoisotopic (exact) mass is 354 g/mol. The molecule has 0 bridgehead atoms. The summed E-state index contributed by atoms with van der Waals surface area (Å²) in [6.07, 6.45) is 13.8. The summed E-state index contributed by atoms with van der Waals surface area (Å²) in [5.41, 5.74) is 0. The first-order valence-electron chi connectivity index (χ1n) is 10.4. The van der Waals surface area contributed by atoms with Crippen LogP contribution in [0.4, 0.5) is 0 Å². The van der Waals surface area contributed by atoms with Crippen LogP contribution in [0.1, 0.15) is 104 Å². The number of hydrogen-bond acceptors (Lipinski definition) is 3. The van der Waals surface area contributed by atoms with Gasteiger partial charge in [0.05, 0.1) is 0 Å². The van der Waals surface area contributed by atoms with Crippen LogP contribution < -0.4 is 0 Å². The van der Waals surface area contributed by atoms with E-state index in [2.05, 4.69) is 13.8 Å².